The van der Waals surface area contributed by atoms with Crippen molar-refractivity contribution < 1.29 is 0 Å². The first-order chi connectivity index (χ1) is 9.25. The average Bonchev–Trinajstić information content (AvgIpc) is 2.92. The molecule has 0 aliphatic carbocycles. The van der Waals surface area contributed by atoms with Gasteiger partial charge in [-0.25, -0.2) is 9.67 Å². The van der Waals surface area contributed by atoms with E-state index < -0.39 is 0 Å². The van der Waals surface area contributed by atoms with Crippen LogP contribution in [-0.2, 0) is 0 Å². The van der Waals surface area contributed by atoms with E-state index in [0.717, 1.165) is 11.1 Å². The van der Waals surface area contributed by atoms with E-state index in [4.69, 9.17) is 0 Å². The second-order valence-corrected chi connectivity index (χ2v) is 4.99. The summed E-state index contributed by atoms with van der Waals surface area (Å²) in [5.41, 5.74) is 1.90. The number of halogens is 1. The van der Waals surface area contributed by atoms with Gasteiger partial charge in [-0.1, -0.05) is 30.3 Å². The molecule has 19 heavy (non-hydrogen) atoms. The van der Waals surface area contributed by atoms with E-state index in [9.17, 15) is 4.79 Å². The minimum absolute atomic E-state index is 0.164. The normalized spacial score (nSPS) is 10.6. The van der Waals surface area contributed by atoms with Gasteiger partial charge in [0.05, 0.1) is 12.5 Å². The molecular formula is C13H9IN4O. The Morgan fingerprint density at radius 2 is 1.95 bits per heavy atom. The number of benzene rings is 1. The second-order valence-electron chi connectivity index (χ2n) is 3.91. The van der Waals surface area contributed by atoms with E-state index in [-0.39, 0.29) is 5.56 Å². The van der Waals surface area contributed by atoms with Gasteiger partial charge in [0.25, 0.3) is 5.56 Å². The first kappa shape index (κ1) is 12.1. The predicted molar refractivity (Wildman–Crippen MR) is 80.1 cm³/mol. The summed E-state index contributed by atoms with van der Waals surface area (Å²) in [6.07, 6.45) is 5.00. The fourth-order valence-corrected chi connectivity index (χ4v) is 2.29. The third-order valence-corrected chi connectivity index (χ3v) is 3.66. The Balaban J connectivity index is 2.07. The number of rotatable bonds is 2. The molecule has 0 atom stereocenters. The van der Waals surface area contributed by atoms with Gasteiger partial charge in [0.15, 0.2) is 5.82 Å². The predicted octanol–water partition coefficient (Wildman–Crippen LogP) is 2.23. The monoisotopic (exact) mass is 364 g/mol. The average molecular weight is 364 g/mol. The Morgan fingerprint density at radius 1 is 1.16 bits per heavy atom. The number of aromatic nitrogens is 4. The summed E-state index contributed by atoms with van der Waals surface area (Å²) in [5, 5.41) is 4.26. The lowest BCUT2D eigenvalue weighted by Crippen LogP contribution is -2.15. The molecule has 6 heteroatoms. The van der Waals surface area contributed by atoms with Crippen LogP contribution in [-0.4, -0.2) is 19.7 Å². The number of nitrogens with one attached hydrogen (secondary N) is 1. The molecule has 1 N–H and O–H groups in total. The summed E-state index contributed by atoms with van der Waals surface area (Å²) in [6, 6.07) is 9.94. The second kappa shape index (κ2) is 4.96. The first-order valence-electron chi connectivity index (χ1n) is 5.59. The maximum atomic E-state index is 11.5. The van der Waals surface area contributed by atoms with Crippen molar-refractivity contribution in [3.05, 3.63) is 63.0 Å². The van der Waals surface area contributed by atoms with Crippen LogP contribution in [0.4, 0.5) is 0 Å². The zero-order valence-electron chi connectivity index (χ0n) is 9.75. The summed E-state index contributed by atoms with van der Waals surface area (Å²) in [4.78, 5) is 18.2. The largest absolute Gasteiger partial charge is 0.312 e. The summed E-state index contributed by atoms with van der Waals surface area (Å²) >= 11 is 1.97. The van der Waals surface area contributed by atoms with E-state index in [1.54, 1.807) is 10.9 Å². The highest BCUT2D eigenvalue weighted by molar-refractivity contribution is 14.1. The van der Waals surface area contributed by atoms with Crippen LogP contribution in [0.1, 0.15) is 0 Å². The molecule has 0 aliphatic heterocycles. The van der Waals surface area contributed by atoms with Gasteiger partial charge in [-0.3, -0.25) is 4.79 Å². The third-order valence-electron chi connectivity index (χ3n) is 2.68. The molecule has 0 bridgehead atoms. The van der Waals surface area contributed by atoms with Crippen molar-refractivity contribution in [1.29, 1.82) is 0 Å². The lowest BCUT2D eigenvalue weighted by atomic mass is 10.1. The summed E-state index contributed by atoms with van der Waals surface area (Å²) in [5.74, 6) is 0.534. The Bertz CT molecular complexity index is 764. The highest BCUT2D eigenvalue weighted by Crippen LogP contribution is 2.19. The molecule has 0 fully saturated rings. The molecule has 94 valence electrons. The van der Waals surface area contributed by atoms with Gasteiger partial charge in [-0.05, 0) is 28.2 Å². The van der Waals surface area contributed by atoms with Gasteiger partial charge in [0.2, 0.25) is 0 Å². The van der Waals surface area contributed by atoms with E-state index in [1.807, 2.05) is 59.1 Å². The van der Waals surface area contributed by atoms with Crippen molar-refractivity contribution in [2.45, 2.75) is 0 Å². The number of aromatic amines is 1. The van der Waals surface area contributed by atoms with E-state index >= 15 is 0 Å². The zero-order chi connectivity index (χ0) is 13.2. The zero-order valence-corrected chi connectivity index (χ0v) is 11.9. The number of nitrogens with zero attached hydrogens (tertiary/aromatic N) is 3. The molecule has 0 aliphatic rings. The van der Waals surface area contributed by atoms with Crippen LogP contribution >= 0.6 is 22.6 Å². The topological polar surface area (TPSA) is 63.6 Å². The molecule has 3 rings (SSSR count). The van der Waals surface area contributed by atoms with E-state index in [2.05, 4.69) is 15.1 Å². The quantitative estimate of drug-likeness (QED) is 0.710. The van der Waals surface area contributed by atoms with Gasteiger partial charge in [-0.2, -0.15) is 5.10 Å². The number of H-pyrrole nitrogens is 1. The lowest BCUT2D eigenvalue weighted by molar-refractivity contribution is 0.827. The smallest absolute Gasteiger partial charge is 0.266 e. The maximum Gasteiger partial charge on any atom is 0.266 e. The molecule has 3 aromatic rings. The van der Waals surface area contributed by atoms with Gasteiger partial charge in [-0.15, -0.1) is 0 Å². The lowest BCUT2D eigenvalue weighted by Gasteiger charge is -2.01. The Morgan fingerprint density at radius 3 is 2.74 bits per heavy atom. The molecular weight excluding hydrogens is 355 g/mol. The number of hydrogen-bond acceptors (Lipinski definition) is 3. The van der Waals surface area contributed by atoms with Gasteiger partial charge < -0.3 is 4.98 Å². The molecule has 0 saturated carbocycles. The molecule has 0 spiro atoms. The molecule has 2 aromatic heterocycles. The third kappa shape index (κ3) is 2.30. The fourth-order valence-electron chi connectivity index (χ4n) is 1.75. The molecule has 2 heterocycles. The minimum atomic E-state index is -0.164. The molecule has 0 unspecified atom stereocenters. The standard InChI is InChI=1S/C13H9IN4O/c14-11-12(15-8-16-13(11)19)18-7-10(6-17-18)9-4-2-1-3-5-9/h1-8H,(H,15,16,19). The van der Waals surface area contributed by atoms with E-state index in [1.165, 1.54) is 6.33 Å². The van der Waals surface area contributed by atoms with E-state index in [0.29, 0.717) is 9.39 Å². The van der Waals surface area contributed by atoms with Crippen molar-refractivity contribution in [3.63, 3.8) is 0 Å². The molecule has 0 amide bonds. The van der Waals surface area contributed by atoms with Crippen molar-refractivity contribution in [3.8, 4) is 16.9 Å². The van der Waals surface area contributed by atoms with Crippen molar-refractivity contribution >= 4 is 22.6 Å². The SMILES string of the molecule is O=c1[nH]cnc(-n2cc(-c3ccccc3)cn2)c1I. The molecule has 0 saturated heterocycles. The maximum absolute atomic E-state index is 11.5. The molecule has 5 nitrogen and oxygen atoms in total. The molecule has 1 aromatic carbocycles. The minimum Gasteiger partial charge on any atom is -0.312 e. The Hall–Kier alpha value is -1.96. The number of hydrogen-bond donors (Lipinski definition) is 1. The summed E-state index contributed by atoms with van der Waals surface area (Å²) < 4.78 is 2.13. The summed E-state index contributed by atoms with van der Waals surface area (Å²) in [7, 11) is 0. The van der Waals surface area contributed by atoms with Crippen LogP contribution in [0.15, 0.2) is 53.8 Å². The van der Waals surface area contributed by atoms with Crippen molar-refractivity contribution in [2.24, 2.45) is 0 Å². The van der Waals surface area contributed by atoms with Crippen LogP contribution in [0.3, 0.4) is 0 Å². The highest BCUT2D eigenvalue weighted by atomic mass is 127. The highest BCUT2D eigenvalue weighted by Gasteiger charge is 2.09. The Labute approximate surface area is 122 Å². The van der Waals surface area contributed by atoms with Crippen LogP contribution in [0, 0.1) is 3.57 Å². The Kier molecular flexibility index (Phi) is 3.16. The van der Waals surface area contributed by atoms with Gasteiger partial charge >= 0.3 is 0 Å². The van der Waals surface area contributed by atoms with Crippen LogP contribution in [0.25, 0.3) is 16.9 Å². The van der Waals surface area contributed by atoms with Crippen LogP contribution in [0.2, 0.25) is 0 Å². The fraction of sp³-hybridized carbons (Fsp3) is 0. The van der Waals surface area contributed by atoms with Crippen molar-refractivity contribution in [2.75, 3.05) is 0 Å². The molecule has 0 radical (unpaired) electrons. The van der Waals surface area contributed by atoms with Crippen LogP contribution in [0.5, 0.6) is 0 Å². The first-order valence-corrected chi connectivity index (χ1v) is 6.67. The van der Waals surface area contributed by atoms with Gasteiger partial charge in [0.1, 0.15) is 3.57 Å². The van der Waals surface area contributed by atoms with Crippen molar-refractivity contribution in [1.82, 2.24) is 19.7 Å². The van der Waals surface area contributed by atoms with Crippen LogP contribution < -0.4 is 5.56 Å². The summed E-state index contributed by atoms with van der Waals surface area (Å²) in [6.45, 7) is 0. The van der Waals surface area contributed by atoms with Gasteiger partial charge in [0, 0.05) is 11.8 Å².